The molecule has 0 spiro atoms. The van der Waals surface area contributed by atoms with Crippen LogP contribution in [0, 0.1) is 0 Å². The second-order valence-electron chi connectivity index (χ2n) is 3.72. The van der Waals surface area contributed by atoms with E-state index in [1.165, 1.54) is 6.92 Å². The van der Waals surface area contributed by atoms with Crippen LogP contribution in [0.3, 0.4) is 0 Å². The van der Waals surface area contributed by atoms with Crippen molar-refractivity contribution in [2.45, 2.75) is 25.3 Å². The van der Waals surface area contributed by atoms with Crippen LogP contribution in [0.1, 0.15) is 28.5 Å². The molecule has 1 rings (SSSR count). The minimum atomic E-state index is -5.34. The minimum absolute atomic E-state index is 0.202. The van der Waals surface area contributed by atoms with Crippen LogP contribution >= 0.6 is 11.6 Å². The topological polar surface area (TPSA) is 48.4 Å². The van der Waals surface area contributed by atoms with Crippen LogP contribution in [0.5, 0.6) is 5.75 Å². The van der Waals surface area contributed by atoms with E-state index in [4.69, 9.17) is 11.6 Å². The number of nitrogens with zero attached hydrogens (tertiary/aromatic N) is 1. The first-order chi connectivity index (χ1) is 10.0. The SMILES string of the molecule is CCOC(=O)c1c(C(F)(F)F)cnc(CCl)c1OC(F)(F)F. The van der Waals surface area contributed by atoms with Crippen molar-refractivity contribution >= 4 is 17.6 Å². The molecule has 0 fully saturated rings. The molecule has 1 aromatic rings. The summed E-state index contributed by atoms with van der Waals surface area (Å²) in [6, 6.07) is 0. The number of carbonyl (C=O) groups excluding carboxylic acids is 1. The Kier molecular flexibility index (Phi) is 5.49. The van der Waals surface area contributed by atoms with Gasteiger partial charge in [-0.2, -0.15) is 13.2 Å². The minimum Gasteiger partial charge on any atom is -0.462 e. The maximum absolute atomic E-state index is 12.9. The van der Waals surface area contributed by atoms with Crippen LogP contribution < -0.4 is 4.74 Å². The van der Waals surface area contributed by atoms with Crippen LogP contribution in [0.2, 0.25) is 0 Å². The fraction of sp³-hybridized carbons (Fsp3) is 0.455. The van der Waals surface area contributed by atoms with Gasteiger partial charge in [-0.1, -0.05) is 0 Å². The summed E-state index contributed by atoms with van der Waals surface area (Å²) in [4.78, 5) is 14.8. The zero-order valence-corrected chi connectivity index (χ0v) is 11.6. The molecule has 0 aromatic carbocycles. The van der Waals surface area contributed by atoms with Gasteiger partial charge in [0.15, 0.2) is 5.75 Å². The van der Waals surface area contributed by atoms with E-state index in [-0.39, 0.29) is 12.8 Å². The molecule has 0 amide bonds. The molecule has 1 aromatic heterocycles. The third-order valence-electron chi connectivity index (χ3n) is 2.24. The first kappa shape index (κ1) is 18.3. The van der Waals surface area contributed by atoms with E-state index in [0.717, 1.165) is 0 Å². The van der Waals surface area contributed by atoms with Crippen LogP contribution in [0.4, 0.5) is 26.3 Å². The summed E-state index contributed by atoms with van der Waals surface area (Å²) in [5.41, 5.74) is -3.80. The number of carbonyl (C=O) groups is 1. The Morgan fingerprint density at radius 1 is 1.27 bits per heavy atom. The lowest BCUT2D eigenvalue weighted by molar-refractivity contribution is -0.275. The summed E-state index contributed by atoms with van der Waals surface area (Å²) < 4.78 is 83.7. The predicted octanol–water partition coefficient (Wildman–Crippen LogP) is 3.91. The largest absolute Gasteiger partial charge is 0.573 e. The van der Waals surface area contributed by atoms with Gasteiger partial charge in [0.1, 0.15) is 5.56 Å². The number of alkyl halides is 7. The molecule has 0 aliphatic rings. The number of rotatable bonds is 4. The summed E-state index contributed by atoms with van der Waals surface area (Å²) in [5.74, 6) is -3.74. The molecule has 0 saturated carbocycles. The molecule has 0 bridgehead atoms. The van der Waals surface area contributed by atoms with Crippen LogP contribution in [-0.2, 0) is 16.8 Å². The lowest BCUT2D eigenvalue weighted by atomic mass is 10.1. The summed E-state index contributed by atoms with van der Waals surface area (Å²) in [5, 5.41) is 0. The summed E-state index contributed by atoms with van der Waals surface area (Å²) in [7, 11) is 0. The molecule has 0 aliphatic heterocycles. The van der Waals surface area contributed by atoms with E-state index in [2.05, 4.69) is 14.5 Å². The highest BCUT2D eigenvalue weighted by molar-refractivity contribution is 6.17. The fourth-order valence-corrected chi connectivity index (χ4v) is 1.66. The molecule has 0 radical (unpaired) electrons. The highest BCUT2D eigenvalue weighted by Gasteiger charge is 2.42. The maximum atomic E-state index is 12.9. The van der Waals surface area contributed by atoms with Gasteiger partial charge >= 0.3 is 18.5 Å². The Morgan fingerprint density at radius 2 is 1.86 bits per heavy atom. The maximum Gasteiger partial charge on any atom is 0.573 e. The first-order valence-electron chi connectivity index (χ1n) is 5.59. The molecule has 0 saturated heterocycles. The van der Waals surface area contributed by atoms with Crippen molar-refractivity contribution in [1.82, 2.24) is 4.98 Å². The Balaban J connectivity index is 3.63. The smallest absolute Gasteiger partial charge is 0.462 e. The Morgan fingerprint density at radius 3 is 2.27 bits per heavy atom. The molecule has 22 heavy (non-hydrogen) atoms. The van der Waals surface area contributed by atoms with Crippen molar-refractivity contribution in [3.05, 3.63) is 23.0 Å². The number of aromatic nitrogens is 1. The molecule has 11 heteroatoms. The van der Waals surface area contributed by atoms with Crippen molar-refractivity contribution in [3.8, 4) is 5.75 Å². The van der Waals surface area contributed by atoms with Gasteiger partial charge in [0.25, 0.3) is 0 Å². The average Bonchev–Trinajstić information content (AvgIpc) is 2.35. The summed E-state index contributed by atoms with van der Waals surface area (Å²) in [6.07, 6.45) is -10.3. The number of halogens is 7. The van der Waals surface area contributed by atoms with Crippen molar-refractivity contribution in [3.63, 3.8) is 0 Å². The van der Waals surface area contributed by atoms with E-state index in [1.54, 1.807) is 0 Å². The van der Waals surface area contributed by atoms with Crippen molar-refractivity contribution in [2.24, 2.45) is 0 Å². The average molecular weight is 352 g/mol. The number of pyridine rings is 1. The molecular formula is C11H8ClF6NO3. The predicted molar refractivity (Wildman–Crippen MR) is 61.4 cm³/mol. The van der Waals surface area contributed by atoms with Gasteiger partial charge < -0.3 is 9.47 Å². The third kappa shape index (κ3) is 4.39. The zero-order valence-electron chi connectivity index (χ0n) is 10.8. The third-order valence-corrected chi connectivity index (χ3v) is 2.49. The molecule has 0 aliphatic carbocycles. The molecular weight excluding hydrogens is 344 g/mol. The molecule has 0 unspecified atom stereocenters. The first-order valence-corrected chi connectivity index (χ1v) is 6.12. The standard InChI is InChI=1S/C11H8ClF6NO3/c1-2-21-9(20)7-5(10(13,14)15)4-19-6(3-12)8(7)22-11(16,17)18/h4H,2-3H2,1H3. The van der Waals surface area contributed by atoms with E-state index in [9.17, 15) is 31.1 Å². The van der Waals surface area contributed by atoms with Crippen molar-refractivity contribution in [2.75, 3.05) is 6.61 Å². The Hall–Kier alpha value is -1.71. The summed E-state index contributed by atoms with van der Waals surface area (Å²) in [6.45, 7) is 0.930. The zero-order chi connectivity index (χ0) is 17.1. The van der Waals surface area contributed by atoms with Gasteiger partial charge in [0.05, 0.1) is 23.7 Å². The lowest BCUT2D eigenvalue weighted by Crippen LogP contribution is -2.24. The highest BCUT2D eigenvalue weighted by atomic mass is 35.5. The second-order valence-corrected chi connectivity index (χ2v) is 3.99. The highest BCUT2D eigenvalue weighted by Crippen LogP contribution is 2.39. The monoisotopic (exact) mass is 351 g/mol. The normalized spacial score (nSPS) is 12.2. The van der Waals surface area contributed by atoms with E-state index in [0.29, 0.717) is 0 Å². The fourth-order valence-electron chi connectivity index (χ4n) is 1.47. The van der Waals surface area contributed by atoms with Crippen molar-refractivity contribution < 1.29 is 40.6 Å². The second kappa shape index (κ2) is 6.59. The molecule has 4 nitrogen and oxygen atoms in total. The van der Waals surface area contributed by atoms with E-state index >= 15 is 0 Å². The molecule has 1 heterocycles. The number of hydrogen-bond donors (Lipinski definition) is 0. The van der Waals surface area contributed by atoms with Gasteiger partial charge in [-0.05, 0) is 6.92 Å². The molecule has 124 valence electrons. The van der Waals surface area contributed by atoms with Crippen LogP contribution in [0.15, 0.2) is 6.20 Å². The molecule has 0 N–H and O–H groups in total. The number of ether oxygens (including phenoxy) is 2. The Bertz CT molecular complexity index is 558. The Labute approximate surface area is 125 Å². The van der Waals surface area contributed by atoms with Crippen molar-refractivity contribution in [1.29, 1.82) is 0 Å². The van der Waals surface area contributed by atoms with Gasteiger partial charge in [-0.25, -0.2) is 4.79 Å². The number of esters is 1. The lowest BCUT2D eigenvalue weighted by Gasteiger charge is -2.18. The molecule has 0 atom stereocenters. The van der Waals surface area contributed by atoms with E-state index < -0.39 is 47.0 Å². The van der Waals surface area contributed by atoms with Crippen LogP contribution in [0.25, 0.3) is 0 Å². The van der Waals surface area contributed by atoms with Gasteiger partial charge in [-0.3, -0.25) is 4.98 Å². The van der Waals surface area contributed by atoms with Gasteiger partial charge in [0.2, 0.25) is 0 Å². The number of hydrogen-bond acceptors (Lipinski definition) is 4. The van der Waals surface area contributed by atoms with Crippen LogP contribution in [-0.4, -0.2) is 23.9 Å². The quantitative estimate of drug-likeness (QED) is 0.469. The van der Waals surface area contributed by atoms with E-state index in [1.807, 2.05) is 0 Å². The van der Waals surface area contributed by atoms with Gasteiger partial charge in [-0.15, -0.1) is 24.8 Å². The summed E-state index contributed by atoms with van der Waals surface area (Å²) >= 11 is 5.34. The van der Waals surface area contributed by atoms with Gasteiger partial charge in [0, 0.05) is 6.20 Å².